The van der Waals surface area contributed by atoms with Gasteiger partial charge in [0.2, 0.25) is 6.10 Å². The molecule has 0 fully saturated rings. The first-order chi connectivity index (χ1) is 15.5. The van der Waals surface area contributed by atoms with Crippen molar-refractivity contribution < 1.29 is 24.3 Å². The van der Waals surface area contributed by atoms with E-state index in [9.17, 15) is 25.1 Å². The molecule has 32 heavy (non-hydrogen) atoms. The molecule has 5 rings (SSSR count). The Morgan fingerprint density at radius 3 is 2.38 bits per heavy atom. The van der Waals surface area contributed by atoms with E-state index in [0.29, 0.717) is 5.56 Å². The van der Waals surface area contributed by atoms with Gasteiger partial charge < -0.3 is 19.4 Å². The summed E-state index contributed by atoms with van der Waals surface area (Å²) in [4.78, 5) is 24.6. The Kier molecular flexibility index (Phi) is 4.41. The highest BCUT2D eigenvalue weighted by Crippen LogP contribution is 2.49. The van der Waals surface area contributed by atoms with Crippen LogP contribution in [-0.4, -0.2) is 15.1 Å². The molecule has 8 heteroatoms. The summed E-state index contributed by atoms with van der Waals surface area (Å²) in [5.74, 6) is -0.740. The van der Waals surface area contributed by atoms with Crippen LogP contribution in [0.15, 0.2) is 87.7 Å². The number of phenols is 1. The number of nitrogens with zero attached hydrogens (tertiary/aromatic N) is 1. The standard InChI is InChI=1S/C24H15NO7/c26-16-11-6-10-15-18(19-21(27)14-9-4-5-12-17(14)31-24(19)28)20(25(29)30)22(32-23(15)16)13-7-2-1-3-8-13/h1-12,22,26-27H. The number of hydrogen-bond acceptors (Lipinski definition) is 7. The first kappa shape index (κ1) is 19.4. The highest BCUT2D eigenvalue weighted by Gasteiger charge is 2.42. The number of aromatic hydroxyl groups is 2. The minimum Gasteiger partial charge on any atom is -0.506 e. The van der Waals surface area contributed by atoms with Gasteiger partial charge in [-0.05, 0) is 18.2 Å². The summed E-state index contributed by atoms with van der Waals surface area (Å²) in [7, 11) is 0. The molecule has 0 radical (unpaired) electrons. The normalized spacial score (nSPS) is 15.3. The minimum absolute atomic E-state index is 0.0334. The third-order valence-electron chi connectivity index (χ3n) is 5.34. The molecule has 8 nitrogen and oxygen atoms in total. The predicted octanol–water partition coefficient (Wildman–Crippen LogP) is 4.37. The van der Waals surface area contributed by atoms with Gasteiger partial charge in [0.25, 0.3) is 5.70 Å². The second-order valence-electron chi connectivity index (χ2n) is 7.19. The lowest BCUT2D eigenvalue weighted by Crippen LogP contribution is -2.24. The van der Waals surface area contributed by atoms with Crippen LogP contribution in [0.3, 0.4) is 0 Å². The van der Waals surface area contributed by atoms with E-state index >= 15 is 0 Å². The topological polar surface area (TPSA) is 123 Å². The van der Waals surface area contributed by atoms with E-state index in [1.165, 1.54) is 24.3 Å². The van der Waals surface area contributed by atoms with Gasteiger partial charge in [0.15, 0.2) is 11.5 Å². The average Bonchev–Trinajstić information content (AvgIpc) is 2.79. The lowest BCUT2D eigenvalue weighted by atomic mass is 9.89. The Balaban J connectivity index is 1.93. The zero-order valence-corrected chi connectivity index (χ0v) is 16.4. The van der Waals surface area contributed by atoms with Gasteiger partial charge in [-0.25, -0.2) is 4.79 Å². The quantitative estimate of drug-likeness (QED) is 0.281. The first-order valence-corrected chi connectivity index (χ1v) is 9.65. The molecule has 2 heterocycles. The highest BCUT2D eigenvalue weighted by atomic mass is 16.6. The van der Waals surface area contributed by atoms with Gasteiger partial charge >= 0.3 is 5.63 Å². The Labute approximate surface area is 180 Å². The summed E-state index contributed by atoms with van der Waals surface area (Å²) in [6.45, 7) is 0. The molecule has 0 aliphatic carbocycles. The van der Waals surface area contributed by atoms with Crippen LogP contribution < -0.4 is 10.4 Å². The molecule has 0 saturated carbocycles. The summed E-state index contributed by atoms with van der Waals surface area (Å²) in [5.41, 5.74) is -1.25. The third kappa shape index (κ3) is 2.89. The number of hydrogen-bond donors (Lipinski definition) is 2. The van der Waals surface area contributed by atoms with Crippen molar-refractivity contribution in [2.45, 2.75) is 6.10 Å². The molecule has 0 spiro atoms. The van der Waals surface area contributed by atoms with Crippen molar-refractivity contribution in [2.75, 3.05) is 0 Å². The smallest absolute Gasteiger partial charge is 0.348 e. The number of nitro groups is 1. The van der Waals surface area contributed by atoms with Gasteiger partial charge in [-0.2, -0.15) is 0 Å². The Morgan fingerprint density at radius 1 is 0.906 bits per heavy atom. The number of fused-ring (bicyclic) bond motifs is 2. The van der Waals surface area contributed by atoms with Crippen molar-refractivity contribution in [3.63, 3.8) is 0 Å². The van der Waals surface area contributed by atoms with Crippen LogP contribution in [0.25, 0.3) is 16.5 Å². The zero-order chi connectivity index (χ0) is 22.4. The monoisotopic (exact) mass is 429 g/mol. The molecule has 1 unspecified atom stereocenters. The summed E-state index contributed by atoms with van der Waals surface area (Å²) in [6.07, 6.45) is -1.24. The minimum atomic E-state index is -1.24. The summed E-state index contributed by atoms with van der Waals surface area (Å²) >= 11 is 0. The lowest BCUT2D eigenvalue weighted by Gasteiger charge is -2.27. The molecule has 1 aliphatic heterocycles. The first-order valence-electron chi connectivity index (χ1n) is 9.65. The van der Waals surface area contributed by atoms with E-state index in [1.807, 2.05) is 0 Å². The lowest BCUT2D eigenvalue weighted by molar-refractivity contribution is -0.435. The van der Waals surface area contributed by atoms with Crippen LogP contribution in [0.1, 0.15) is 22.8 Å². The molecule has 158 valence electrons. The fourth-order valence-corrected chi connectivity index (χ4v) is 3.95. The molecule has 0 saturated heterocycles. The highest BCUT2D eigenvalue weighted by molar-refractivity contribution is 5.95. The second kappa shape index (κ2) is 7.28. The number of rotatable bonds is 3. The van der Waals surface area contributed by atoms with Gasteiger partial charge in [0.05, 0.1) is 15.9 Å². The predicted molar refractivity (Wildman–Crippen MR) is 115 cm³/mol. The molecule has 3 aromatic carbocycles. The van der Waals surface area contributed by atoms with Gasteiger partial charge in [0, 0.05) is 11.1 Å². The maximum absolute atomic E-state index is 13.0. The molecule has 2 N–H and O–H groups in total. The second-order valence-corrected chi connectivity index (χ2v) is 7.19. The fourth-order valence-electron chi connectivity index (χ4n) is 3.95. The van der Waals surface area contributed by atoms with Gasteiger partial charge in [0.1, 0.15) is 16.9 Å². The van der Waals surface area contributed by atoms with Crippen molar-refractivity contribution in [1.29, 1.82) is 0 Å². The van der Waals surface area contributed by atoms with E-state index in [-0.39, 0.29) is 39.2 Å². The Morgan fingerprint density at radius 2 is 1.62 bits per heavy atom. The van der Waals surface area contributed by atoms with Crippen LogP contribution in [0, 0.1) is 10.1 Å². The average molecular weight is 429 g/mol. The van der Waals surface area contributed by atoms with E-state index in [1.54, 1.807) is 48.5 Å². The summed E-state index contributed by atoms with van der Waals surface area (Å²) in [5, 5.41) is 34.0. The molecule has 0 bridgehead atoms. The van der Waals surface area contributed by atoms with E-state index < -0.39 is 28.1 Å². The number of para-hydroxylation sites is 2. The molecule has 1 atom stereocenters. The van der Waals surface area contributed by atoms with Gasteiger partial charge in [-0.3, -0.25) is 10.1 Å². The van der Waals surface area contributed by atoms with Crippen molar-refractivity contribution in [1.82, 2.24) is 0 Å². The van der Waals surface area contributed by atoms with E-state index in [4.69, 9.17) is 9.15 Å². The van der Waals surface area contributed by atoms with Crippen molar-refractivity contribution >= 4 is 16.5 Å². The molecule has 1 aliphatic rings. The molecule has 4 aromatic rings. The molecule has 1 aromatic heterocycles. The van der Waals surface area contributed by atoms with Crippen LogP contribution >= 0.6 is 0 Å². The van der Waals surface area contributed by atoms with Crippen LogP contribution in [0.2, 0.25) is 0 Å². The van der Waals surface area contributed by atoms with Crippen LogP contribution in [0.4, 0.5) is 0 Å². The van der Waals surface area contributed by atoms with Crippen molar-refractivity contribution in [3.05, 3.63) is 116 Å². The summed E-state index contributed by atoms with van der Waals surface area (Å²) < 4.78 is 11.2. The fraction of sp³-hybridized carbons (Fsp3) is 0.0417. The van der Waals surface area contributed by atoms with Crippen molar-refractivity contribution in [2.24, 2.45) is 0 Å². The van der Waals surface area contributed by atoms with E-state index in [2.05, 4.69) is 0 Å². The SMILES string of the molecule is O=c1oc2ccccc2c(O)c1C1=C([N+](=O)[O-])C(c2ccccc2)Oc2c(O)cccc21. The molecular formula is C24H15NO7. The zero-order valence-electron chi connectivity index (χ0n) is 16.4. The van der Waals surface area contributed by atoms with Crippen LogP contribution in [0.5, 0.6) is 17.2 Å². The number of phenolic OH excluding ortho intramolecular Hbond substituents is 1. The molecule has 0 amide bonds. The Hall–Kier alpha value is -4.59. The maximum atomic E-state index is 13.0. The largest absolute Gasteiger partial charge is 0.506 e. The summed E-state index contributed by atoms with van der Waals surface area (Å²) in [6, 6.07) is 19.1. The van der Waals surface area contributed by atoms with E-state index in [0.717, 1.165) is 0 Å². The number of ether oxygens (including phenoxy) is 1. The maximum Gasteiger partial charge on any atom is 0.348 e. The third-order valence-corrected chi connectivity index (χ3v) is 5.34. The van der Waals surface area contributed by atoms with Gasteiger partial charge in [-0.1, -0.05) is 54.6 Å². The van der Waals surface area contributed by atoms with Crippen molar-refractivity contribution in [3.8, 4) is 17.2 Å². The Bertz CT molecular complexity index is 1470. The number of benzene rings is 3. The van der Waals surface area contributed by atoms with Gasteiger partial charge in [-0.15, -0.1) is 0 Å². The molecular weight excluding hydrogens is 414 g/mol. The van der Waals surface area contributed by atoms with Crippen LogP contribution in [-0.2, 0) is 0 Å².